The highest BCUT2D eigenvalue weighted by atomic mass is 35.5. The second kappa shape index (κ2) is 10.1. The molecule has 5 heteroatoms. The van der Waals surface area contributed by atoms with Crippen LogP contribution < -0.4 is 10.1 Å². The molecule has 0 heterocycles. The highest BCUT2D eigenvalue weighted by Crippen LogP contribution is 2.29. The molecule has 0 aliphatic rings. The fourth-order valence-electron chi connectivity index (χ4n) is 2.68. The zero-order chi connectivity index (χ0) is 17.5. The minimum absolute atomic E-state index is 0. The predicted molar refractivity (Wildman–Crippen MR) is 105 cm³/mol. The standard InChI is InChI=1S/C20H26N2O2.ClH/c1-15(2)22(20(23)13-21-3)14-16-9-11-17(12-10-16)18-7-5-6-8-19(18)24-4;/h5-12,15,21H,13-14H2,1-4H3;1H. The van der Waals surface area contributed by atoms with Crippen LogP contribution >= 0.6 is 12.4 Å². The van der Waals surface area contributed by atoms with Crippen LogP contribution in [0.4, 0.5) is 0 Å². The number of halogens is 1. The lowest BCUT2D eigenvalue weighted by Gasteiger charge is -2.27. The van der Waals surface area contributed by atoms with Crippen molar-refractivity contribution in [2.75, 3.05) is 20.7 Å². The van der Waals surface area contributed by atoms with E-state index in [2.05, 4.69) is 29.6 Å². The quantitative estimate of drug-likeness (QED) is 0.815. The van der Waals surface area contributed by atoms with Crippen LogP contribution in [0.25, 0.3) is 11.1 Å². The van der Waals surface area contributed by atoms with E-state index in [-0.39, 0.29) is 24.4 Å². The monoisotopic (exact) mass is 362 g/mol. The molecule has 0 aromatic heterocycles. The molecule has 0 bridgehead atoms. The van der Waals surface area contributed by atoms with Gasteiger partial charge in [-0.25, -0.2) is 0 Å². The number of carbonyl (C=O) groups is 1. The Balaban J connectivity index is 0.00000312. The Bertz CT molecular complexity index is 672. The maximum absolute atomic E-state index is 12.2. The Hall–Kier alpha value is -2.04. The molecular weight excluding hydrogens is 336 g/mol. The van der Waals surface area contributed by atoms with Crippen molar-refractivity contribution in [1.82, 2.24) is 10.2 Å². The summed E-state index contributed by atoms with van der Waals surface area (Å²) in [4.78, 5) is 14.1. The zero-order valence-electron chi connectivity index (χ0n) is 15.3. The lowest BCUT2D eigenvalue weighted by molar-refractivity contribution is -0.132. The van der Waals surface area contributed by atoms with Crippen molar-refractivity contribution in [3.05, 3.63) is 54.1 Å². The van der Waals surface area contributed by atoms with Gasteiger partial charge in [-0.3, -0.25) is 4.79 Å². The first-order valence-corrected chi connectivity index (χ1v) is 8.23. The number of rotatable bonds is 7. The fourth-order valence-corrected chi connectivity index (χ4v) is 2.68. The normalized spacial score (nSPS) is 10.3. The lowest BCUT2D eigenvalue weighted by atomic mass is 10.0. The van der Waals surface area contributed by atoms with E-state index < -0.39 is 0 Å². The molecule has 0 radical (unpaired) electrons. The van der Waals surface area contributed by atoms with E-state index in [9.17, 15) is 4.79 Å². The average Bonchev–Trinajstić information content (AvgIpc) is 2.60. The molecule has 4 nitrogen and oxygen atoms in total. The largest absolute Gasteiger partial charge is 0.496 e. The molecule has 0 fully saturated rings. The maximum atomic E-state index is 12.2. The summed E-state index contributed by atoms with van der Waals surface area (Å²) in [5.74, 6) is 0.972. The van der Waals surface area contributed by atoms with Gasteiger partial charge in [-0.15, -0.1) is 12.4 Å². The third-order valence-corrected chi connectivity index (χ3v) is 4.00. The number of amides is 1. The molecule has 136 valence electrons. The highest BCUT2D eigenvalue weighted by molar-refractivity contribution is 5.85. The predicted octanol–water partition coefficient (Wildman–Crippen LogP) is 3.74. The van der Waals surface area contributed by atoms with Crippen LogP contribution in [0.2, 0.25) is 0 Å². The Kier molecular flexibility index (Phi) is 8.46. The molecular formula is C20H27ClN2O2. The van der Waals surface area contributed by atoms with E-state index in [4.69, 9.17) is 4.74 Å². The van der Waals surface area contributed by atoms with Crippen LogP contribution in [0.15, 0.2) is 48.5 Å². The van der Waals surface area contributed by atoms with Gasteiger partial charge in [0.05, 0.1) is 13.7 Å². The summed E-state index contributed by atoms with van der Waals surface area (Å²) in [5.41, 5.74) is 3.29. The summed E-state index contributed by atoms with van der Waals surface area (Å²) in [6.45, 7) is 5.05. The van der Waals surface area contributed by atoms with Crippen LogP contribution in [0, 0.1) is 0 Å². The van der Waals surface area contributed by atoms with Crippen LogP contribution in [0.1, 0.15) is 19.4 Å². The summed E-state index contributed by atoms with van der Waals surface area (Å²) in [5, 5.41) is 2.93. The van der Waals surface area contributed by atoms with Gasteiger partial charge in [0.1, 0.15) is 5.75 Å². The Labute approximate surface area is 156 Å². The van der Waals surface area contributed by atoms with E-state index in [0.717, 1.165) is 22.4 Å². The Morgan fingerprint density at radius 2 is 1.76 bits per heavy atom. The van der Waals surface area contributed by atoms with Gasteiger partial charge in [0, 0.05) is 18.2 Å². The van der Waals surface area contributed by atoms with Crippen LogP contribution in [-0.2, 0) is 11.3 Å². The molecule has 0 unspecified atom stereocenters. The number of carbonyl (C=O) groups excluding carboxylic acids is 1. The van der Waals surface area contributed by atoms with E-state index in [1.54, 1.807) is 14.2 Å². The second-order valence-corrected chi connectivity index (χ2v) is 6.04. The molecule has 2 aromatic rings. The SMILES string of the molecule is CNCC(=O)N(Cc1ccc(-c2ccccc2OC)cc1)C(C)C.Cl. The molecule has 0 aliphatic heterocycles. The van der Waals surface area contributed by atoms with E-state index in [1.165, 1.54) is 0 Å². The van der Waals surface area contributed by atoms with Crippen LogP contribution in [0.5, 0.6) is 5.75 Å². The van der Waals surface area contributed by atoms with E-state index in [0.29, 0.717) is 13.1 Å². The topological polar surface area (TPSA) is 41.6 Å². The second-order valence-electron chi connectivity index (χ2n) is 6.04. The van der Waals surface area contributed by atoms with Crippen molar-refractivity contribution in [2.24, 2.45) is 0 Å². The first-order valence-electron chi connectivity index (χ1n) is 8.23. The maximum Gasteiger partial charge on any atom is 0.237 e. The van der Waals surface area contributed by atoms with Gasteiger partial charge in [0.2, 0.25) is 5.91 Å². The van der Waals surface area contributed by atoms with Gasteiger partial charge >= 0.3 is 0 Å². The number of ether oxygens (including phenoxy) is 1. The van der Waals surface area contributed by atoms with E-state index >= 15 is 0 Å². The van der Waals surface area contributed by atoms with Gasteiger partial charge < -0.3 is 15.0 Å². The van der Waals surface area contributed by atoms with Gasteiger partial charge in [-0.2, -0.15) is 0 Å². The highest BCUT2D eigenvalue weighted by Gasteiger charge is 2.16. The molecule has 1 amide bonds. The smallest absolute Gasteiger partial charge is 0.237 e. The Morgan fingerprint density at radius 1 is 1.12 bits per heavy atom. The van der Waals surface area contributed by atoms with Gasteiger partial charge in [-0.1, -0.05) is 42.5 Å². The van der Waals surface area contributed by atoms with Crippen LogP contribution in [-0.4, -0.2) is 37.6 Å². The number of hydrogen-bond acceptors (Lipinski definition) is 3. The summed E-state index contributed by atoms with van der Waals surface area (Å²) in [6.07, 6.45) is 0. The first-order chi connectivity index (χ1) is 11.6. The number of likely N-dealkylation sites (N-methyl/N-ethyl adjacent to an activating group) is 1. The van der Waals surface area contributed by atoms with Crippen molar-refractivity contribution < 1.29 is 9.53 Å². The molecule has 0 spiro atoms. The third-order valence-electron chi connectivity index (χ3n) is 4.00. The molecule has 2 rings (SSSR count). The summed E-state index contributed by atoms with van der Waals surface area (Å²) < 4.78 is 5.42. The zero-order valence-corrected chi connectivity index (χ0v) is 16.1. The average molecular weight is 363 g/mol. The number of nitrogens with one attached hydrogen (secondary N) is 1. The molecule has 0 saturated heterocycles. The minimum atomic E-state index is 0. The van der Waals surface area contributed by atoms with Crippen molar-refractivity contribution in [3.8, 4) is 16.9 Å². The molecule has 0 atom stereocenters. The lowest BCUT2D eigenvalue weighted by Crippen LogP contribution is -2.41. The van der Waals surface area contributed by atoms with Gasteiger partial charge in [0.25, 0.3) is 0 Å². The van der Waals surface area contributed by atoms with Gasteiger partial charge in [0.15, 0.2) is 0 Å². The van der Waals surface area contributed by atoms with Gasteiger partial charge in [-0.05, 0) is 38.1 Å². The molecule has 0 saturated carbocycles. The number of benzene rings is 2. The van der Waals surface area contributed by atoms with Crippen molar-refractivity contribution in [3.63, 3.8) is 0 Å². The fraction of sp³-hybridized carbons (Fsp3) is 0.350. The summed E-state index contributed by atoms with van der Waals surface area (Å²) in [7, 11) is 3.47. The molecule has 1 N–H and O–H groups in total. The number of para-hydroxylation sites is 1. The third kappa shape index (κ3) is 5.48. The molecule has 2 aromatic carbocycles. The summed E-state index contributed by atoms with van der Waals surface area (Å²) >= 11 is 0. The number of methoxy groups -OCH3 is 1. The minimum Gasteiger partial charge on any atom is -0.496 e. The van der Waals surface area contributed by atoms with Crippen molar-refractivity contribution in [2.45, 2.75) is 26.4 Å². The summed E-state index contributed by atoms with van der Waals surface area (Å²) in [6, 6.07) is 16.4. The first kappa shape index (κ1) is 21.0. The number of hydrogen-bond donors (Lipinski definition) is 1. The Morgan fingerprint density at radius 3 is 2.32 bits per heavy atom. The number of nitrogens with zero attached hydrogens (tertiary/aromatic N) is 1. The van der Waals surface area contributed by atoms with Crippen molar-refractivity contribution >= 4 is 18.3 Å². The molecule has 25 heavy (non-hydrogen) atoms. The molecule has 0 aliphatic carbocycles. The van der Waals surface area contributed by atoms with Crippen LogP contribution in [0.3, 0.4) is 0 Å². The van der Waals surface area contributed by atoms with Crippen molar-refractivity contribution in [1.29, 1.82) is 0 Å². The van der Waals surface area contributed by atoms with E-state index in [1.807, 2.05) is 43.0 Å².